The first kappa shape index (κ1) is 10.9. The topological polar surface area (TPSA) is 37.5 Å². The van der Waals surface area contributed by atoms with E-state index in [1.807, 2.05) is 22.7 Å². The minimum Gasteiger partial charge on any atom is -0.393 e. The number of aromatic nitrogens is 2. The van der Waals surface area contributed by atoms with E-state index in [4.69, 9.17) is 11.6 Å². The van der Waals surface area contributed by atoms with Gasteiger partial charge in [0.25, 0.3) is 0 Å². The Morgan fingerprint density at radius 1 is 1.60 bits per heavy atom. The summed E-state index contributed by atoms with van der Waals surface area (Å²) in [6.45, 7) is 1.73. The number of aliphatic hydroxyl groups excluding tert-OH is 1. The molecule has 0 spiro atoms. The van der Waals surface area contributed by atoms with Crippen molar-refractivity contribution in [2.75, 3.05) is 0 Å². The molecule has 0 aliphatic rings. The maximum Gasteiger partial charge on any atom is 0.155 e. The monoisotopic (exact) mass is 288 g/mol. The van der Waals surface area contributed by atoms with E-state index in [2.05, 4.69) is 20.9 Å². The van der Waals surface area contributed by atoms with Gasteiger partial charge < -0.3 is 9.51 Å². The lowest BCUT2D eigenvalue weighted by molar-refractivity contribution is 0.192. The van der Waals surface area contributed by atoms with Crippen molar-refractivity contribution in [3.63, 3.8) is 0 Å². The van der Waals surface area contributed by atoms with E-state index in [1.54, 1.807) is 6.92 Å². The molecule has 0 fully saturated rings. The zero-order chi connectivity index (χ0) is 11.0. The summed E-state index contributed by atoms with van der Waals surface area (Å²) in [4.78, 5) is 4.22. The van der Waals surface area contributed by atoms with E-state index in [1.165, 1.54) is 0 Å². The second kappa shape index (κ2) is 4.12. The Morgan fingerprint density at radius 3 is 3.00 bits per heavy atom. The fraction of sp³-hybridized carbons (Fsp3) is 0.300. The minimum atomic E-state index is -0.425. The summed E-state index contributed by atoms with van der Waals surface area (Å²) in [5.74, 6) is 0.770. The number of hydrogen-bond donors (Lipinski definition) is 1. The molecular weight excluding hydrogens is 279 g/mol. The first-order valence-corrected chi connectivity index (χ1v) is 5.75. The molecule has 0 aromatic carbocycles. The molecular formula is C10H10BrClN2O. The third-order valence-corrected chi connectivity index (χ3v) is 2.85. The molecule has 1 N–H and O–H groups in total. The molecule has 0 radical (unpaired) electrons. The number of halogens is 2. The normalized spacial score (nSPS) is 13.3. The molecule has 15 heavy (non-hydrogen) atoms. The summed E-state index contributed by atoms with van der Waals surface area (Å²) < 4.78 is 2.84. The van der Waals surface area contributed by atoms with Crippen molar-refractivity contribution in [2.24, 2.45) is 0 Å². The number of imidazole rings is 1. The summed E-state index contributed by atoms with van der Waals surface area (Å²) in [5, 5.41) is 9.81. The molecule has 1 atom stereocenters. The van der Waals surface area contributed by atoms with Crippen LogP contribution in [0.1, 0.15) is 12.7 Å². The highest BCUT2D eigenvalue weighted by Crippen LogP contribution is 2.21. The number of pyridine rings is 1. The second-order valence-electron chi connectivity index (χ2n) is 3.47. The van der Waals surface area contributed by atoms with Gasteiger partial charge in [0, 0.05) is 17.1 Å². The Labute approximate surface area is 101 Å². The lowest BCUT2D eigenvalue weighted by atomic mass is 10.3. The molecule has 2 aromatic heterocycles. The number of rotatable bonds is 2. The summed E-state index contributed by atoms with van der Waals surface area (Å²) in [5.41, 5.74) is 0.857. The van der Waals surface area contributed by atoms with Crippen LogP contribution >= 0.6 is 27.5 Å². The summed E-state index contributed by atoms with van der Waals surface area (Å²) >= 11 is 9.37. The van der Waals surface area contributed by atoms with Gasteiger partial charge >= 0.3 is 0 Å². The van der Waals surface area contributed by atoms with Crippen molar-refractivity contribution in [2.45, 2.75) is 19.4 Å². The predicted octanol–water partition coefficient (Wildman–Crippen LogP) is 2.67. The van der Waals surface area contributed by atoms with Gasteiger partial charge in [0.1, 0.15) is 5.82 Å². The maximum absolute atomic E-state index is 9.34. The van der Waals surface area contributed by atoms with Crippen LogP contribution in [0.25, 0.3) is 5.52 Å². The van der Waals surface area contributed by atoms with E-state index in [9.17, 15) is 5.11 Å². The van der Waals surface area contributed by atoms with Gasteiger partial charge in [-0.15, -0.1) is 0 Å². The Hall–Kier alpha value is -0.580. The number of hydrogen-bond acceptors (Lipinski definition) is 2. The number of fused-ring (bicyclic) bond motifs is 1. The van der Waals surface area contributed by atoms with Crippen molar-refractivity contribution >= 4 is 33.0 Å². The Balaban J connectivity index is 2.59. The van der Waals surface area contributed by atoms with E-state index in [0.717, 1.165) is 15.8 Å². The van der Waals surface area contributed by atoms with Crippen molar-refractivity contribution in [3.8, 4) is 0 Å². The van der Waals surface area contributed by atoms with E-state index < -0.39 is 6.10 Å². The van der Waals surface area contributed by atoms with Crippen LogP contribution in [0.4, 0.5) is 0 Å². The van der Waals surface area contributed by atoms with Gasteiger partial charge in [-0.25, -0.2) is 4.98 Å². The van der Waals surface area contributed by atoms with Crippen molar-refractivity contribution in [1.29, 1.82) is 0 Å². The average molecular weight is 290 g/mol. The first-order chi connectivity index (χ1) is 7.08. The first-order valence-electron chi connectivity index (χ1n) is 4.58. The van der Waals surface area contributed by atoms with E-state index >= 15 is 0 Å². The lowest BCUT2D eigenvalue weighted by Crippen LogP contribution is -2.07. The smallest absolute Gasteiger partial charge is 0.155 e. The molecule has 3 nitrogen and oxygen atoms in total. The molecule has 0 amide bonds. The Kier molecular flexibility index (Phi) is 3.00. The molecule has 0 aliphatic carbocycles. The van der Waals surface area contributed by atoms with Crippen LogP contribution < -0.4 is 0 Å². The predicted molar refractivity (Wildman–Crippen MR) is 63.3 cm³/mol. The molecule has 0 bridgehead atoms. The highest BCUT2D eigenvalue weighted by molar-refractivity contribution is 9.10. The molecule has 5 heteroatoms. The van der Waals surface area contributed by atoms with Crippen molar-refractivity contribution < 1.29 is 5.11 Å². The van der Waals surface area contributed by atoms with Crippen LogP contribution in [0.2, 0.25) is 5.15 Å². The van der Waals surface area contributed by atoms with Gasteiger partial charge in [0.15, 0.2) is 5.15 Å². The molecule has 2 aromatic rings. The quantitative estimate of drug-likeness (QED) is 0.923. The van der Waals surface area contributed by atoms with E-state index in [0.29, 0.717) is 11.6 Å². The van der Waals surface area contributed by atoms with Crippen LogP contribution in [-0.2, 0) is 6.42 Å². The fourth-order valence-corrected chi connectivity index (χ4v) is 2.08. The molecule has 1 unspecified atom stereocenters. The minimum absolute atomic E-state index is 0.425. The zero-order valence-corrected chi connectivity index (χ0v) is 10.5. The van der Waals surface area contributed by atoms with Crippen molar-refractivity contribution in [3.05, 3.63) is 33.8 Å². The number of aliphatic hydroxyl groups is 1. The van der Waals surface area contributed by atoms with Crippen LogP contribution in [0, 0.1) is 0 Å². The van der Waals surface area contributed by atoms with Gasteiger partial charge in [-0.05, 0) is 35.0 Å². The number of nitrogens with zero attached hydrogens (tertiary/aromatic N) is 2. The SMILES string of the molecule is CC(O)Cc1nc(Cl)c2ccc(Br)cn12. The van der Waals surface area contributed by atoms with Gasteiger partial charge in [-0.2, -0.15) is 0 Å². The van der Waals surface area contributed by atoms with Crippen molar-refractivity contribution in [1.82, 2.24) is 9.38 Å². The molecule has 0 saturated carbocycles. The Bertz CT molecular complexity index is 495. The maximum atomic E-state index is 9.34. The van der Waals surface area contributed by atoms with Gasteiger partial charge in [-0.3, -0.25) is 0 Å². The molecule has 2 rings (SSSR count). The van der Waals surface area contributed by atoms with Crippen LogP contribution in [0.3, 0.4) is 0 Å². The third-order valence-electron chi connectivity index (χ3n) is 2.11. The van der Waals surface area contributed by atoms with Crippen LogP contribution in [-0.4, -0.2) is 20.6 Å². The van der Waals surface area contributed by atoms with Gasteiger partial charge in [-0.1, -0.05) is 11.6 Å². The second-order valence-corrected chi connectivity index (χ2v) is 4.75. The zero-order valence-electron chi connectivity index (χ0n) is 8.11. The van der Waals surface area contributed by atoms with Crippen LogP contribution in [0.5, 0.6) is 0 Å². The van der Waals surface area contributed by atoms with Gasteiger partial charge in [0.05, 0.1) is 11.6 Å². The lowest BCUT2D eigenvalue weighted by Gasteiger charge is -2.03. The molecule has 0 aliphatic heterocycles. The fourth-order valence-electron chi connectivity index (χ4n) is 1.49. The summed E-state index contributed by atoms with van der Waals surface area (Å²) in [7, 11) is 0. The average Bonchev–Trinajstić information content (AvgIpc) is 2.42. The van der Waals surface area contributed by atoms with Gasteiger partial charge in [0.2, 0.25) is 0 Å². The summed E-state index contributed by atoms with van der Waals surface area (Å²) in [6.07, 6.45) is 1.96. The highest BCUT2D eigenvalue weighted by atomic mass is 79.9. The van der Waals surface area contributed by atoms with Crippen LogP contribution in [0.15, 0.2) is 22.8 Å². The third kappa shape index (κ3) is 2.17. The standard InChI is InChI=1S/C10H10BrClN2O/c1-6(15)4-9-13-10(12)8-3-2-7(11)5-14(8)9/h2-3,5-6,15H,4H2,1H3. The molecule has 2 heterocycles. The summed E-state index contributed by atoms with van der Waals surface area (Å²) in [6, 6.07) is 3.81. The highest BCUT2D eigenvalue weighted by Gasteiger charge is 2.11. The Morgan fingerprint density at radius 2 is 2.33 bits per heavy atom. The van der Waals surface area contributed by atoms with E-state index in [-0.39, 0.29) is 0 Å². The molecule has 0 saturated heterocycles. The largest absolute Gasteiger partial charge is 0.393 e. The molecule has 80 valence electrons.